The number of aromatic amines is 1. The number of hydrogen-bond donors (Lipinski definition) is 1. The fourth-order valence-corrected chi connectivity index (χ4v) is 4.76. The van der Waals surface area contributed by atoms with E-state index in [1.54, 1.807) is 14.8 Å². The highest BCUT2D eigenvalue weighted by Crippen LogP contribution is 2.29. The van der Waals surface area contributed by atoms with Gasteiger partial charge in [-0.1, -0.05) is 0 Å². The molecular formula is C13H22N4O3S. The van der Waals surface area contributed by atoms with Gasteiger partial charge in [-0.25, -0.2) is 0 Å². The lowest BCUT2D eigenvalue weighted by Crippen LogP contribution is -2.51. The summed E-state index contributed by atoms with van der Waals surface area (Å²) in [6.45, 7) is 5.01. The molecule has 1 unspecified atom stereocenters. The van der Waals surface area contributed by atoms with Crippen LogP contribution in [0.2, 0.25) is 0 Å². The van der Waals surface area contributed by atoms with Crippen LogP contribution in [-0.2, 0) is 14.9 Å². The molecule has 1 aromatic rings. The SMILES string of the molecule is Cc1cn[nH]c1C1CCCN(S(=O)(=O)N2CCOCC2)C1. The molecule has 0 aromatic carbocycles. The average molecular weight is 314 g/mol. The van der Waals surface area contributed by atoms with Gasteiger partial charge in [0.15, 0.2) is 0 Å². The molecule has 0 spiro atoms. The molecule has 2 aliphatic rings. The highest BCUT2D eigenvalue weighted by atomic mass is 32.2. The molecule has 1 atom stereocenters. The van der Waals surface area contributed by atoms with Crippen LogP contribution in [0.15, 0.2) is 6.20 Å². The molecule has 118 valence electrons. The fraction of sp³-hybridized carbons (Fsp3) is 0.769. The largest absolute Gasteiger partial charge is 0.379 e. The number of aryl methyl sites for hydroxylation is 1. The number of nitrogens with one attached hydrogen (secondary N) is 1. The van der Waals surface area contributed by atoms with Gasteiger partial charge in [-0.05, 0) is 25.3 Å². The Labute approximate surface area is 125 Å². The van der Waals surface area contributed by atoms with Gasteiger partial charge >= 0.3 is 0 Å². The summed E-state index contributed by atoms with van der Waals surface area (Å²) in [5.74, 6) is 0.206. The smallest absolute Gasteiger partial charge is 0.282 e. The van der Waals surface area contributed by atoms with Crippen LogP contribution in [0.4, 0.5) is 0 Å². The van der Waals surface area contributed by atoms with Crippen LogP contribution in [0.25, 0.3) is 0 Å². The number of ether oxygens (including phenoxy) is 1. The summed E-state index contributed by atoms with van der Waals surface area (Å²) in [4.78, 5) is 0. The highest BCUT2D eigenvalue weighted by molar-refractivity contribution is 7.86. The van der Waals surface area contributed by atoms with Gasteiger partial charge in [-0.15, -0.1) is 0 Å². The zero-order chi connectivity index (χ0) is 14.9. The van der Waals surface area contributed by atoms with E-state index in [-0.39, 0.29) is 5.92 Å². The molecule has 0 saturated carbocycles. The summed E-state index contributed by atoms with van der Waals surface area (Å²) in [5.41, 5.74) is 2.17. The molecule has 2 saturated heterocycles. The van der Waals surface area contributed by atoms with Crippen molar-refractivity contribution in [2.75, 3.05) is 39.4 Å². The van der Waals surface area contributed by atoms with Gasteiger partial charge in [0, 0.05) is 37.8 Å². The number of H-pyrrole nitrogens is 1. The molecule has 7 nitrogen and oxygen atoms in total. The standard InChI is InChI=1S/C13H22N4O3S/c1-11-9-14-15-13(11)12-3-2-4-17(10-12)21(18,19)16-5-7-20-8-6-16/h9,12H,2-8,10H2,1H3,(H,14,15). The van der Waals surface area contributed by atoms with E-state index in [2.05, 4.69) is 10.2 Å². The molecule has 3 heterocycles. The van der Waals surface area contributed by atoms with Crippen molar-refractivity contribution >= 4 is 10.2 Å². The Morgan fingerprint density at radius 3 is 2.71 bits per heavy atom. The van der Waals surface area contributed by atoms with Gasteiger partial charge < -0.3 is 4.74 Å². The number of morpholine rings is 1. The molecule has 2 fully saturated rings. The van der Waals surface area contributed by atoms with Crippen molar-refractivity contribution in [1.82, 2.24) is 18.8 Å². The van der Waals surface area contributed by atoms with E-state index in [1.165, 1.54) is 0 Å². The van der Waals surface area contributed by atoms with Gasteiger partial charge in [0.1, 0.15) is 0 Å². The molecule has 0 aliphatic carbocycles. The monoisotopic (exact) mass is 314 g/mol. The Kier molecular flexibility index (Phi) is 4.30. The lowest BCUT2D eigenvalue weighted by Gasteiger charge is -2.36. The molecule has 1 aromatic heterocycles. The van der Waals surface area contributed by atoms with E-state index in [9.17, 15) is 8.42 Å². The van der Waals surface area contributed by atoms with Gasteiger partial charge in [0.05, 0.1) is 19.4 Å². The Bertz CT molecular complexity index is 580. The van der Waals surface area contributed by atoms with Crippen molar-refractivity contribution in [3.63, 3.8) is 0 Å². The van der Waals surface area contributed by atoms with Crippen molar-refractivity contribution in [1.29, 1.82) is 0 Å². The summed E-state index contributed by atoms with van der Waals surface area (Å²) in [6, 6.07) is 0. The lowest BCUT2D eigenvalue weighted by atomic mass is 9.94. The van der Waals surface area contributed by atoms with E-state index < -0.39 is 10.2 Å². The van der Waals surface area contributed by atoms with Crippen LogP contribution < -0.4 is 0 Å². The molecule has 1 N–H and O–H groups in total. The number of hydrogen-bond acceptors (Lipinski definition) is 4. The molecule has 0 radical (unpaired) electrons. The van der Waals surface area contributed by atoms with Crippen molar-refractivity contribution in [3.8, 4) is 0 Å². The maximum absolute atomic E-state index is 12.7. The topological polar surface area (TPSA) is 78.5 Å². The highest BCUT2D eigenvalue weighted by Gasteiger charge is 2.35. The van der Waals surface area contributed by atoms with Gasteiger partial charge in [-0.2, -0.15) is 22.1 Å². The lowest BCUT2D eigenvalue weighted by molar-refractivity contribution is 0.0695. The van der Waals surface area contributed by atoms with Gasteiger partial charge in [-0.3, -0.25) is 5.10 Å². The Morgan fingerprint density at radius 2 is 2.05 bits per heavy atom. The summed E-state index contributed by atoms with van der Waals surface area (Å²) < 4.78 is 33.8. The average Bonchev–Trinajstić information content (AvgIpc) is 2.94. The summed E-state index contributed by atoms with van der Waals surface area (Å²) in [7, 11) is -3.37. The number of piperidine rings is 1. The van der Waals surface area contributed by atoms with Crippen molar-refractivity contribution in [2.45, 2.75) is 25.7 Å². The van der Waals surface area contributed by atoms with Crippen LogP contribution in [0.1, 0.15) is 30.0 Å². The quantitative estimate of drug-likeness (QED) is 0.880. The maximum atomic E-state index is 12.7. The van der Waals surface area contributed by atoms with Gasteiger partial charge in [0.2, 0.25) is 0 Å². The second-order valence-electron chi connectivity index (χ2n) is 5.68. The molecule has 8 heteroatoms. The van der Waals surface area contributed by atoms with Crippen LogP contribution in [-0.4, -0.2) is 66.6 Å². The van der Waals surface area contributed by atoms with Crippen molar-refractivity contribution in [3.05, 3.63) is 17.5 Å². The summed E-state index contributed by atoms with van der Waals surface area (Å²) in [5, 5.41) is 7.08. The van der Waals surface area contributed by atoms with Crippen LogP contribution in [0.5, 0.6) is 0 Å². The summed E-state index contributed by atoms with van der Waals surface area (Å²) in [6.07, 6.45) is 3.68. The molecule has 21 heavy (non-hydrogen) atoms. The molecule has 0 amide bonds. The third-order valence-corrected chi connectivity index (χ3v) is 6.28. The Morgan fingerprint density at radius 1 is 1.29 bits per heavy atom. The third-order valence-electron chi connectivity index (χ3n) is 4.28. The minimum absolute atomic E-state index is 0.206. The first-order valence-electron chi connectivity index (χ1n) is 7.42. The Balaban J connectivity index is 1.75. The van der Waals surface area contributed by atoms with E-state index in [0.29, 0.717) is 39.4 Å². The normalized spacial score (nSPS) is 26.0. The molecular weight excluding hydrogens is 292 g/mol. The molecule has 0 bridgehead atoms. The zero-order valence-corrected chi connectivity index (χ0v) is 13.1. The maximum Gasteiger partial charge on any atom is 0.282 e. The fourth-order valence-electron chi connectivity index (χ4n) is 3.10. The van der Waals surface area contributed by atoms with Gasteiger partial charge in [0.25, 0.3) is 10.2 Å². The number of nitrogens with zero attached hydrogens (tertiary/aromatic N) is 3. The predicted octanol–water partition coefficient (Wildman–Crippen LogP) is 0.475. The van der Waals surface area contributed by atoms with E-state index in [0.717, 1.165) is 24.1 Å². The first-order chi connectivity index (χ1) is 10.1. The van der Waals surface area contributed by atoms with E-state index in [4.69, 9.17) is 4.74 Å². The van der Waals surface area contributed by atoms with Crippen molar-refractivity contribution < 1.29 is 13.2 Å². The van der Waals surface area contributed by atoms with Crippen LogP contribution >= 0.6 is 0 Å². The van der Waals surface area contributed by atoms with Crippen LogP contribution in [0.3, 0.4) is 0 Å². The second kappa shape index (κ2) is 6.04. The zero-order valence-electron chi connectivity index (χ0n) is 12.3. The third kappa shape index (κ3) is 2.98. The molecule has 3 rings (SSSR count). The van der Waals surface area contributed by atoms with Crippen LogP contribution in [0, 0.1) is 6.92 Å². The minimum atomic E-state index is -3.37. The number of aromatic nitrogens is 2. The van der Waals surface area contributed by atoms with E-state index in [1.807, 2.05) is 6.92 Å². The van der Waals surface area contributed by atoms with E-state index >= 15 is 0 Å². The summed E-state index contributed by atoms with van der Waals surface area (Å²) >= 11 is 0. The molecule has 2 aliphatic heterocycles. The second-order valence-corrected chi connectivity index (χ2v) is 7.61. The predicted molar refractivity (Wildman–Crippen MR) is 78.2 cm³/mol. The Hall–Kier alpha value is -0.960. The first-order valence-corrected chi connectivity index (χ1v) is 8.81. The minimum Gasteiger partial charge on any atom is -0.379 e. The number of rotatable bonds is 3. The first kappa shape index (κ1) is 15.0. The van der Waals surface area contributed by atoms with Crippen molar-refractivity contribution in [2.24, 2.45) is 0 Å².